The van der Waals surface area contributed by atoms with Gasteiger partial charge in [0.25, 0.3) is 17.6 Å². The van der Waals surface area contributed by atoms with Gasteiger partial charge in [-0.15, -0.1) is 0 Å². The number of amides is 2. The largest absolute Gasteiger partial charge is 0.486 e. The van der Waals surface area contributed by atoms with Crippen molar-refractivity contribution >= 4 is 33.9 Å². The summed E-state index contributed by atoms with van der Waals surface area (Å²) in [5.74, 6) is 5.26. The number of aromatic nitrogens is 4. The number of aromatic amines is 1. The number of imidazole rings is 2. The number of H-pyrrole nitrogens is 1. The molecule has 0 spiro atoms. The Bertz CT molecular complexity index is 2880. The third kappa shape index (κ3) is 9.42. The third-order valence-electron chi connectivity index (χ3n) is 14.3. The van der Waals surface area contributed by atoms with Gasteiger partial charge in [0.05, 0.1) is 47.0 Å². The van der Waals surface area contributed by atoms with Crippen LogP contribution in [0.3, 0.4) is 0 Å². The number of hydrogen-bond acceptors (Lipinski definition) is 9. The van der Waals surface area contributed by atoms with E-state index < -0.39 is 10.8 Å². The van der Waals surface area contributed by atoms with Crippen molar-refractivity contribution < 1.29 is 33.1 Å². The molecule has 3 N–H and O–H groups in total. The number of nitrogens with one attached hydrogen (secondary N) is 3. The number of benzene rings is 4. The first-order valence-corrected chi connectivity index (χ1v) is 23.9. The number of ether oxygens (including phenoxy) is 4. The number of carbonyl (C=O) groups excluding carboxylic acids is 2. The molecular formula is C54H61N8O6+. The molecule has 14 nitrogen and oxygen atoms in total. The molecule has 4 aromatic carbocycles. The van der Waals surface area contributed by atoms with Gasteiger partial charge < -0.3 is 34.1 Å². The van der Waals surface area contributed by atoms with Gasteiger partial charge in [-0.05, 0) is 138 Å². The Morgan fingerprint density at radius 2 is 1.21 bits per heavy atom. The van der Waals surface area contributed by atoms with Gasteiger partial charge in [0.1, 0.15) is 32.3 Å². The van der Waals surface area contributed by atoms with Crippen molar-refractivity contribution in [2.75, 3.05) is 26.4 Å². The first kappa shape index (κ1) is 46.1. The molecule has 2 aromatic heterocycles. The van der Waals surface area contributed by atoms with Gasteiger partial charge in [0.2, 0.25) is 0 Å². The predicted molar refractivity (Wildman–Crippen MR) is 257 cm³/mol. The summed E-state index contributed by atoms with van der Waals surface area (Å²) < 4.78 is 26.7. The molecular weight excluding hydrogens is 857 g/mol. The average Bonchev–Trinajstić information content (AvgIpc) is 3.88. The second kappa shape index (κ2) is 18.9. The number of nitriles is 2. The molecule has 0 bridgehead atoms. The highest BCUT2D eigenvalue weighted by Gasteiger charge is 2.33. The average molecular weight is 918 g/mol. The van der Waals surface area contributed by atoms with Crippen LogP contribution < -0.4 is 34.1 Å². The molecule has 0 saturated heterocycles. The molecule has 2 fully saturated rings. The first-order chi connectivity index (χ1) is 32.7. The lowest BCUT2D eigenvalue weighted by molar-refractivity contribution is -0.654. The normalized spacial score (nSPS) is 20.1. The molecule has 2 amide bonds. The minimum absolute atomic E-state index is 0.0768. The van der Waals surface area contributed by atoms with Crippen molar-refractivity contribution in [1.29, 1.82) is 10.5 Å². The lowest BCUT2D eigenvalue weighted by atomic mass is 9.85. The van der Waals surface area contributed by atoms with Crippen LogP contribution >= 0.6 is 0 Å². The Morgan fingerprint density at radius 3 is 1.78 bits per heavy atom. The van der Waals surface area contributed by atoms with E-state index in [4.69, 9.17) is 23.9 Å². The zero-order chi connectivity index (χ0) is 47.7. The second-order valence-electron chi connectivity index (χ2n) is 19.8. The quantitative estimate of drug-likeness (QED) is 0.126. The third-order valence-corrected chi connectivity index (χ3v) is 14.3. The summed E-state index contributed by atoms with van der Waals surface area (Å²) in [6.45, 7) is 9.80. The van der Waals surface area contributed by atoms with Crippen LogP contribution in [0.15, 0.2) is 72.8 Å². The Hall–Kier alpha value is -7.06. The zero-order valence-electron chi connectivity index (χ0n) is 39.9. The van der Waals surface area contributed by atoms with E-state index >= 15 is 0 Å². The number of nitrogens with zero attached hydrogens (tertiary/aromatic N) is 5. The highest BCUT2D eigenvalue weighted by atomic mass is 16.6. The van der Waals surface area contributed by atoms with Crippen LogP contribution in [-0.4, -0.2) is 64.9 Å². The lowest BCUT2D eigenvalue weighted by Gasteiger charge is -2.29. The highest BCUT2D eigenvalue weighted by molar-refractivity contribution is 5.95. The van der Waals surface area contributed by atoms with Crippen molar-refractivity contribution in [3.05, 3.63) is 107 Å². The van der Waals surface area contributed by atoms with E-state index in [0.717, 1.165) is 90.4 Å². The van der Waals surface area contributed by atoms with Gasteiger partial charge in [0.15, 0.2) is 34.0 Å². The minimum Gasteiger partial charge on any atom is -0.486 e. The Labute approximate surface area is 397 Å². The Balaban J connectivity index is 0.000000170. The van der Waals surface area contributed by atoms with Crippen molar-refractivity contribution in [1.82, 2.24) is 25.2 Å². The van der Waals surface area contributed by atoms with Crippen molar-refractivity contribution in [3.63, 3.8) is 0 Å². The van der Waals surface area contributed by atoms with Gasteiger partial charge in [0, 0.05) is 36.2 Å². The van der Waals surface area contributed by atoms with Gasteiger partial charge >= 0.3 is 0 Å². The van der Waals surface area contributed by atoms with Crippen LogP contribution in [0.2, 0.25) is 0 Å². The second-order valence-corrected chi connectivity index (χ2v) is 19.8. The molecule has 4 aliphatic rings. The van der Waals surface area contributed by atoms with E-state index in [1.54, 1.807) is 36.4 Å². The van der Waals surface area contributed by atoms with Gasteiger partial charge in [-0.2, -0.15) is 10.5 Å². The molecule has 0 radical (unpaired) electrons. The molecule has 2 saturated carbocycles. The topological polar surface area (TPSA) is 180 Å². The van der Waals surface area contributed by atoms with Crippen LogP contribution in [0, 0.1) is 22.7 Å². The van der Waals surface area contributed by atoms with Gasteiger partial charge in [-0.1, -0.05) is 25.0 Å². The van der Waals surface area contributed by atoms with E-state index in [1.807, 2.05) is 52.9 Å². The summed E-state index contributed by atoms with van der Waals surface area (Å²) in [6, 6.07) is 28.0. The maximum absolute atomic E-state index is 13.0. The summed E-state index contributed by atoms with van der Waals surface area (Å²) in [5, 5.41) is 25.5. The summed E-state index contributed by atoms with van der Waals surface area (Å²) in [4.78, 5) is 34.5. The fourth-order valence-corrected chi connectivity index (χ4v) is 10.2. The summed E-state index contributed by atoms with van der Waals surface area (Å²) in [5.41, 5.74) is 6.23. The van der Waals surface area contributed by atoms with Crippen LogP contribution in [0.1, 0.15) is 134 Å². The zero-order valence-corrected chi connectivity index (χ0v) is 39.9. The molecule has 10 rings (SSSR count). The van der Waals surface area contributed by atoms with E-state index in [0.29, 0.717) is 66.5 Å². The number of fused-ring (bicyclic) bond motifs is 4. The summed E-state index contributed by atoms with van der Waals surface area (Å²) in [6.07, 6.45) is 7.87. The predicted octanol–water partition coefficient (Wildman–Crippen LogP) is 8.62. The van der Waals surface area contributed by atoms with Crippen molar-refractivity contribution in [3.8, 4) is 35.1 Å². The van der Waals surface area contributed by atoms with Crippen LogP contribution in [0.4, 0.5) is 0 Å². The molecule has 352 valence electrons. The fraction of sp³-hybridized carbons (Fsp3) is 0.444. The van der Waals surface area contributed by atoms with Crippen LogP contribution in [0.5, 0.6) is 23.0 Å². The molecule has 2 aliphatic heterocycles. The van der Waals surface area contributed by atoms with E-state index in [1.165, 1.54) is 5.82 Å². The molecule has 4 heterocycles. The molecule has 6 aromatic rings. The number of hydrogen-bond donors (Lipinski definition) is 3. The molecule has 2 aliphatic carbocycles. The molecule has 4 unspecified atom stereocenters. The van der Waals surface area contributed by atoms with Crippen LogP contribution in [0.25, 0.3) is 22.1 Å². The summed E-state index contributed by atoms with van der Waals surface area (Å²) >= 11 is 0. The monoisotopic (exact) mass is 917 g/mol. The minimum atomic E-state index is -0.549. The highest BCUT2D eigenvalue weighted by Crippen LogP contribution is 2.37. The van der Waals surface area contributed by atoms with E-state index in [2.05, 4.69) is 62.1 Å². The van der Waals surface area contributed by atoms with Gasteiger partial charge in [-0.3, -0.25) is 9.59 Å². The van der Waals surface area contributed by atoms with E-state index in [9.17, 15) is 20.1 Å². The molecule has 4 atom stereocenters. The Kier molecular flexibility index (Phi) is 12.8. The van der Waals surface area contributed by atoms with Gasteiger partial charge in [-0.25, -0.2) is 14.5 Å². The standard InChI is InChI=1S/2C27H30N4O3/c1-27(2,16-28)19-8-9-22-21(15-19)30-25(31(22)3)17-5-4-6-20(13-17)29-26(32)18-7-10-23-24(14-18)34-12-11-33-23;1-27(2,16-28)19-8-9-21-22(15-19)31(3)25(30-21)17-5-4-6-20(13-17)29-26(32)18-7-10-23-24(14-18)34-12-11-33-23/h2*7-10,14-15,17,20H,4-6,11-13H2,1-3H3,(H,29,32)/p+1. The smallest absolute Gasteiger partial charge is 0.258 e. The van der Waals surface area contributed by atoms with Crippen molar-refractivity contribution in [2.45, 2.75) is 114 Å². The van der Waals surface area contributed by atoms with Crippen molar-refractivity contribution in [2.24, 2.45) is 14.1 Å². The Morgan fingerprint density at radius 1 is 0.691 bits per heavy atom. The lowest BCUT2D eigenvalue weighted by Crippen LogP contribution is -2.41. The van der Waals surface area contributed by atoms with Crippen LogP contribution in [-0.2, 0) is 24.9 Å². The summed E-state index contributed by atoms with van der Waals surface area (Å²) in [7, 11) is 4.13. The fourth-order valence-electron chi connectivity index (χ4n) is 10.2. The SMILES string of the molecule is C[n+]1c(C2CCCC(NC(=O)c3ccc4c(c3)OCCO4)C2)[nH]c2cc(C(C)(C)C#N)ccc21.Cn1c(C2CCCC(NC(=O)c3ccc4c(c3)OCCO4)C2)nc2ccc(C(C)(C)C#N)cc21. The molecule has 14 heteroatoms. The number of aryl methyl sites for hydroxylation is 2. The van der Waals surface area contributed by atoms with E-state index in [-0.39, 0.29) is 29.8 Å². The number of rotatable bonds is 8. The first-order valence-electron chi connectivity index (χ1n) is 23.9. The maximum atomic E-state index is 13.0. The molecule has 68 heavy (non-hydrogen) atoms. The number of carbonyl (C=O) groups is 2. The maximum Gasteiger partial charge on any atom is 0.258 e.